The molecule has 0 atom stereocenters. The van der Waals surface area contributed by atoms with Gasteiger partial charge in [-0.2, -0.15) is 5.26 Å². The minimum atomic E-state index is -3.32. The first-order valence-electron chi connectivity index (χ1n) is 8.38. The molecule has 0 spiro atoms. The van der Waals surface area contributed by atoms with Gasteiger partial charge in [0.15, 0.2) is 0 Å². The average molecular weight is 367 g/mol. The van der Waals surface area contributed by atoms with Crippen LogP contribution in [0.2, 0.25) is 0 Å². The third kappa shape index (κ3) is 3.89. The standard InChI is InChI=1S/C20H21N3O2S/c1-14(2)12-23-13-19(16-6-4-15(11-21)5-7-16)18-9-8-17(10-20(18)23)22-26(3,24)25/h4-10,13-14,22H,12H2,1-3H3. The van der Waals surface area contributed by atoms with Crippen molar-refractivity contribution < 1.29 is 8.42 Å². The van der Waals surface area contributed by atoms with Gasteiger partial charge in [0, 0.05) is 23.7 Å². The lowest BCUT2D eigenvalue weighted by Gasteiger charge is -2.09. The Morgan fingerprint density at radius 1 is 1.15 bits per heavy atom. The molecule has 0 amide bonds. The van der Waals surface area contributed by atoms with Gasteiger partial charge in [-0.3, -0.25) is 4.72 Å². The lowest BCUT2D eigenvalue weighted by molar-refractivity contribution is 0.535. The second-order valence-corrected chi connectivity index (χ2v) is 8.63. The number of hydrogen-bond donors (Lipinski definition) is 1. The van der Waals surface area contributed by atoms with Crippen LogP contribution in [0, 0.1) is 17.2 Å². The first-order chi connectivity index (χ1) is 12.3. The van der Waals surface area contributed by atoms with E-state index in [0.29, 0.717) is 17.2 Å². The van der Waals surface area contributed by atoms with Gasteiger partial charge in [0.2, 0.25) is 10.0 Å². The van der Waals surface area contributed by atoms with Crippen molar-refractivity contribution in [2.24, 2.45) is 5.92 Å². The maximum absolute atomic E-state index is 11.5. The summed E-state index contributed by atoms with van der Waals surface area (Å²) in [6.07, 6.45) is 3.24. The van der Waals surface area contributed by atoms with Crippen LogP contribution in [-0.4, -0.2) is 19.2 Å². The van der Waals surface area contributed by atoms with Gasteiger partial charge in [-0.05, 0) is 35.7 Å². The topological polar surface area (TPSA) is 74.9 Å². The van der Waals surface area contributed by atoms with Gasteiger partial charge in [0.05, 0.1) is 29.1 Å². The first kappa shape index (κ1) is 18.0. The third-order valence-electron chi connectivity index (χ3n) is 4.07. The highest BCUT2D eigenvalue weighted by Crippen LogP contribution is 2.33. The summed E-state index contributed by atoms with van der Waals surface area (Å²) in [6.45, 7) is 5.12. The number of nitrogens with zero attached hydrogens (tertiary/aromatic N) is 2. The number of sulfonamides is 1. The van der Waals surface area contributed by atoms with Crippen molar-refractivity contribution in [2.75, 3.05) is 11.0 Å². The molecule has 0 radical (unpaired) electrons. The molecule has 3 aromatic rings. The smallest absolute Gasteiger partial charge is 0.229 e. The summed E-state index contributed by atoms with van der Waals surface area (Å²) in [4.78, 5) is 0. The number of anilines is 1. The zero-order valence-corrected chi connectivity index (χ0v) is 15.8. The Morgan fingerprint density at radius 3 is 2.42 bits per heavy atom. The summed E-state index contributed by atoms with van der Waals surface area (Å²) in [5, 5.41) is 10.0. The molecule has 0 aliphatic rings. The van der Waals surface area contributed by atoms with Crippen LogP contribution in [0.4, 0.5) is 5.69 Å². The molecule has 3 rings (SSSR count). The van der Waals surface area contributed by atoms with Crippen LogP contribution in [0.3, 0.4) is 0 Å². The van der Waals surface area contributed by atoms with Crippen molar-refractivity contribution >= 4 is 26.6 Å². The molecule has 1 aromatic heterocycles. The molecule has 0 unspecified atom stereocenters. The van der Waals surface area contributed by atoms with Crippen LogP contribution in [0.15, 0.2) is 48.7 Å². The molecule has 2 aromatic carbocycles. The number of fused-ring (bicyclic) bond motifs is 1. The highest BCUT2D eigenvalue weighted by atomic mass is 32.2. The summed E-state index contributed by atoms with van der Waals surface area (Å²) in [5.74, 6) is 0.450. The Balaban J connectivity index is 2.16. The van der Waals surface area contributed by atoms with Crippen molar-refractivity contribution in [1.29, 1.82) is 5.26 Å². The van der Waals surface area contributed by atoms with Crippen LogP contribution in [0.5, 0.6) is 0 Å². The summed E-state index contributed by atoms with van der Waals surface area (Å²) < 4.78 is 27.8. The van der Waals surface area contributed by atoms with Crippen molar-refractivity contribution in [3.63, 3.8) is 0 Å². The number of hydrogen-bond acceptors (Lipinski definition) is 3. The molecule has 0 saturated heterocycles. The van der Waals surface area contributed by atoms with E-state index < -0.39 is 10.0 Å². The second-order valence-electron chi connectivity index (χ2n) is 6.88. The minimum absolute atomic E-state index is 0.450. The van der Waals surface area contributed by atoms with E-state index in [2.05, 4.69) is 35.4 Å². The Kier molecular flexibility index (Phi) is 4.75. The van der Waals surface area contributed by atoms with E-state index in [0.717, 1.165) is 34.8 Å². The SMILES string of the molecule is CC(C)Cn1cc(-c2ccc(C#N)cc2)c2ccc(NS(C)(=O)=O)cc21. The Bertz CT molecular complexity index is 1090. The van der Waals surface area contributed by atoms with Crippen LogP contribution in [-0.2, 0) is 16.6 Å². The monoisotopic (exact) mass is 367 g/mol. The molecule has 0 aliphatic carbocycles. The second kappa shape index (κ2) is 6.85. The zero-order chi connectivity index (χ0) is 18.9. The summed E-state index contributed by atoms with van der Waals surface area (Å²) in [7, 11) is -3.32. The molecule has 26 heavy (non-hydrogen) atoms. The minimum Gasteiger partial charge on any atom is -0.347 e. The van der Waals surface area contributed by atoms with E-state index >= 15 is 0 Å². The van der Waals surface area contributed by atoms with E-state index in [1.54, 1.807) is 18.2 Å². The van der Waals surface area contributed by atoms with Gasteiger partial charge in [-0.25, -0.2) is 8.42 Å². The lowest BCUT2D eigenvalue weighted by Crippen LogP contribution is -2.09. The van der Waals surface area contributed by atoms with Gasteiger partial charge in [-0.15, -0.1) is 0 Å². The van der Waals surface area contributed by atoms with E-state index in [1.807, 2.05) is 24.3 Å². The molecule has 1 N–H and O–H groups in total. The largest absolute Gasteiger partial charge is 0.347 e. The Labute approximate surface area is 153 Å². The van der Waals surface area contributed by atoms with Crippen LogP contribution < -0.4 is 4.72 Å². The van der Waals surface area contributed by atoms with Gasteiger partial charge in [0.1, 0.15) is 0 Å². The summed E-state index contributed by atoms with van der Waals surface area (Å²) in [5.41, 5.74) is 4.25. The van der Waals surface area contributed by atoms with Crippen molar-refractivity contribution in [3.05, 3.63) is 54.2 Å². The van der Waals surface area contributed by atoms with E-state index in [-0.39, 0.29) is 0 Å². The van der Waals surface area contributed by atoms with E-state index in [9.17, 15) is 8.42 Å². The normalized spacial score (nSPS) is 11.7. The molecule has 1 heterocycles. The summed E-state index contributed by atoms with van der Waals surface area (Å²) in [6, 6.07) is 15.2. The zero-order valence-electron chi connectivity index (χ0n) is 15.0. The maximum Gasteiger partial charge on any atom is 0.229 e. The number of aromatic nitrogens is 1. The van der Waals surface area contributed by atoms with E-state index in [1.165, 1.54) is 0 Å². The van der Waals surface area contributed by atoms with Gasteiger partial charge in [-0.1, -0.05) is 32.0 Å². The van der Waals surface area contributed by atoms with Gasteiger partial charge < -0.3 is 4.57 Å². The highest BCUT2D eigenvalue weighted by molar-refractivity contribution is 7.92. The quantitative estimate of drug-likeness (QED) is 0.734. The van der Waals surface area contributed by atoms with Gasteiger partial charge in [0.25, 0.3) is 0 Å². The van der Waals surface area contributed by atoms with Crippen LogP contribution >= 0.6 is 0 Å². The molecular formula is C20H21N3O2S. The van der Waals surface area contributed by atoms with Crippen molar-refractivity contribution in [1.82, 2.24) is 4.57 Å². The van der Waals surface area contributed by atoms with Gasteiger partial charge >= 0.3 is 0 Å². The first-order valence-corrected chi connectivity index (χ1v) is 10.3. The predicted octanol–water partition coefficient (Wildman–Crippen LogP) is 4.21. The Hall–Kier alpha value is -2.78. The highest BCUT2D eigenvalue weighted by Gasteiger charge is 2.13. The fourth-order valence-corrected chi connectivity index (χ4v) is 3.62. The average Bonchev–Trinajstić information content (AvgIpc) is 2.91. The van der Waals surface area contributed by atoms with Crippen LogP contribution in [0.25, 0.3) is 22.0 Å². The summed E-state index contributed by atoms with van der Waals surface area (Å²) >= 11 is 0. The van der Waals surface area contributed by atoms with Crippen molar-refractivity contribution in [2.45, 2.75) is 20.4 Å². The fourth-order valence-electron chi connectivity index (χ4n) is 3.07. The molecule has 5 nitrogen and oxygen atoms in total. The molecule has 134 valence electrons. The number of nitriles is 1. The van der Waals surface area contributed by atoms with E-state index in [4.69, 9.17) is 5.26 Å². The molecular weight excluding hydrogens is 346 g/mol. The van der Waals surface area contributed by atoms with Crippen molar-refractivity contribution in [3.8, 4) is 17.2 Å². The molecule has 0 saturated carbocycles. The molecule has 0 aliphatic heterocycles. The molecule has 0 fully saturated rings. The third-order valence-corrected chi connectivity index (χ3v) is 4.68. The molecule has 0 bridgehead atoms. The lowest BCUT2D eigenvalue weighted by atomic mass is 10.0. The number of benzene rings is 2. The fraction of sp³-hybridized carbons (Fsp3) is 0.250. The molecule has 6 heteroatoms. The Morgan fingerprint density at radius 2 is 1.85 bits per heavy atom. The van der Waals surface area contributed by atoms with Crippen LogP contribution in [0.1, 0.15) is 19.4 Å². The predicted molar refractivity (Wildman–Crippen MR) is 105 cm³/mol. The number of nitrogens with one attached hydrogen (secondary N) is 1. The number of rotatable bonds is 5. The maximum atomic E-state index is 11.5.